The number of ether oxygens (including phenoxy) is 1. The number of hydrogen-bond donors (Lipinski definition) is 1. The van der Waals surface area contributed by atoms with E-state index in [9.17, 15) is 9.90 Å². The highest BCUT2D eigenvalue weighted by molar-refractivity contribution is 6.35. The molecule has 0 amide bonds. The van der Waals surface area contributed by atoms with E-state index in [1.54, 1.807) is 18.2 Å². The summed E-state index contributed by atoms with van der Waals surface area (Å²) in [4.78, 5) is 11.4. The van der Waals surface area contributed by atoms with Crippen LogP contribution in [-0.2, 0) is 4.79 Å². The van der Waals surface area contributed by atoms with Crippen LogP contribution in [0.4, 0.5) is 0 Å². The van der Waals surface area contributed by atoms with Crippen LogP contribution in [0.3, 0.4) is 0 Å². The topological polar surface area (TPSA) is 46.5 Å². The van der Waals surface area contributed by atoms with Gasteiger partial charge in [0.05, 0.1) is 5.02 Å². The first-order chi connectivity index (χ1) is 13.0. The van der Waals surface area contributed by atoms with Gasteiger partial charge in [-0.2, -0.15) is 0 Å². The summed E-state index contributed by atoms with van der Waals surface area (Å²) < 4.78 is 5.57. The molecule has 1 rings (SSSR count). The lowest BCUT2D eigenvalue weighted by Gasteiger charge is -2.16. The van der Waals surface area contributed by atoms with Crippen LogP contribution in [-0.4, -0.2) is 17.2 Å². The Morgan fingerprint density at radius 3 is 1.93 bits per heavy atom. The molecule has 0 saturated carbocycles. The molecule has 0 bridgehead atoms. The van der Waals surface area contributed by atoms with Gasteiger partial charge < -0.3 is 9.84 Å². The molecular formula is C22H34Cl2O3. The molecule has 3 nitrogen and oxygen atoms in total. The Morgan fingerprint density at radius 1 is 0.926 bits per heavy atom. The number of carboxylic acid groups (broad SMARTS) is 1. The van der Waals surface area contributed by atoms with Crippen LogP contribution in [0.25, 0.3) is 0 Å². The average Bonchev–Trinajstić information content (AvgIpc) is 2.63. The summed E-state index contributed by atoms with van der Waals surface area (Å²) in [6, 6.07) is 4.81. The number of carboxylic acids is 1. The van der Waals surface area contributed by atoms with Crippen LogP contribution in [0.5, 0.6) is 5.75 Å². The third-order valence-electron chi connectivity index (χ3n) is 4.76. The molecular weight excluding hydrogens is 383 g/mol. The number of carbonyl (C=O) groups is 1. The van der Waals surface area contributed by atoms with Crippen molar-refractivity contribution in [2.24, 2.45) is 0 Å². The Balaban J connectivity index is 2.11. The molecule has 0 saturated heterocycles. The summed E-state index contributed by atoms with van der Waals surface area (Å²) in [7, 11) is 0. The van der Waals surface area contributed by atoms with E-state index >= 15 is 0 Å². The van der Waals surface area contributed by atoms with Gasteiger partial charge in [0.2, 0.25) is 0 Å². The molecule has 0 fully saturated rings. The van der Waals surface area contributed by atoms with Gasteiger partial charge in [0.1, 0.15) is 5.75 Å². The van der Waals surface area contributed by atoms with Crippen molar-refractivity contribution in [1.82, 2.24) is 0 Å². The Hall–Kier alpha value is -0.930. The SMILES string of the molecule is CCCCCCCCCCCCCCC(Oc1ccc(Cl)cc1Cl)C(=O)O. The predicted molar refractivity (Wildman–Crippen MR) is 114 cm³/mol. The van der Waals surface area contributed by atoms with Gasteiger partial charge in [-0.25, -0.2) is 4.79 Å². The van der Waals surface area contributed by atoms with Crippen LogP contribution in [0.15, 0.2) is 18.2 Å². The van der Waals surface area contributed by atoms with Gasteiger partial charge in [-0.3, -0.25) is 0 Å². The molecule has 1 atom stereocenters. The zero-order valence-electron chi connectivity index (χ0n) is 16.5. The molecule has 0 aromatic heterocycles. The number of hydrogen-bond acceptors (Lipinski definition) is 2. The van der Waals surface area contributed by atoms with Gasteiger partial charge in [-0.1, -0.05) is 101 Å². The van der Waals surface area contributed by atoms with Gasteiger partial charge in [0, 0.05) is 5.02 Å². The number of halogens is 2. The Bertz CT molecular complexity index is 534. The van der Waals surface area contributed by atoms with Gasteiger partial charge in [-0.05, 0) is 31.0 Å². The van der Waals surface area contributed by atoms with Crippen LogP contribution >= 0.6 is 23.2 Å². The molecule has 0 aliphatic rings. The molecule has 0 spiro atoms. The first kappa shape index (κ1) is 24.1. The van der Waals surface area contributed by atoms with Crippen molar-refractivity contribution in [1.29, 1.82) is 0 Å². The van der Waals surface area contributed by atoms with Gasteiger partial charge in [0.15, 0.2) is 6.10 Å². The average molecular weight is 417 g/mol. The van der Waals surface area contributed by atoms with Crippen LogP contribution < -0.4 is 4.74 Å². The van der Waals surface area contributed by atoms with Gasteiger partial charge in [-0.15, -0.1) is 0 Å². The minimum absolute atomic E-state index is 0.337. The standard InChI is InChI=1S/C22H34Cl2O3/c1-2-3-4-5-6-7-8-9-10-11-12-13-14-21(22(25)26)27-20-16-15-18(23)17-19(20)24/h15-17,21H,2-14H2,1H3,(H,25,26). The molecule has 1 unspecified atom stereocenters. The lowest BCUT2D eigenvalue weighted by molar-refractivity contribution is -0.145. The minimum atomic E-state index is -0.955. The summed E-state index contributed by atoms with van der Waals surface area (Å²) in [5.74, 6) is -0.587. The Morgan fingerprint density at radius 2 is 1.44 bits per heavy atom. The highest BCUT2D eigenvalue weighted by Crippen LogP contribution is 2.29. The number of unbranched alkanes of at least 4 members (excludes halogenated alkanes) is 11. The first-order valence-electron chi connectivity index (χ1n) is 10.4. The maximum absolute atomic E-state index is 11.4. The van der Waals surface area contributed by atoms with E-state index in [0.717, 1.165) is 19.3 Å². The van der Waals surface area contributed by atoms with Gasteiger partial charge in [0.25, 0.3) is 0 Å². The molecule has 1 aromatic carbocycles. The fourth-order valence-electron chi connectivity index (χ4n) is 3.13. The zero-order valence-corrected chi connectivity index (χ0v) is 18.0. The van der Waals surface area contributed by atoms with Gasteiger partial charge >= 0.3 is 5.97 Å². The third kappa shape index (κ3) is 11.5. The summed E-state index contributed by atoms with van der Waals surface area (Å²) in [6.45, 7) is 2.25. The molecule has 0 aliphatic heterocycles. The number of rotatable bonds is 16. The molecule has 1 aromatic rings. The predicted octanol–water partition coefficient (Wildman–Crippen LogP) is 7.92. The molecule has 0 radical (unpaired) electrons. The lowest BCUT2D eigenvalue weighted by Crippen LogP contribution is -2.27. The van der Waals surface area contributed by atoms with E-state index in [0.29, 0.717) is 22.2 Å². The van der Waals surface area contributed by atoms with E-state index in [1.807, 2.05) is 0 Å². The third-order valence-corrected chi connectivity index (χ3v) is 5.29. The maximum atomic E-state index is 11.4. The van der Waals surface area contributed by atoms with E-state index in [-0.39, 0.29) is 0 Å². The second-order valence-corrected chi connectivity index (χ2v) is 8.04. The molecule has 5 heteroatoms. The van der Waals surface area contributed by atoms with E-state index in [4.69, 9.17) is 27.9 Å². The zero-order chi connectivity index (χ0) is 19.9. The van der Waals surface area contributed by atoms with Crippen LogP contribution in [0.1, 0.15) is 90.4 Å². The number of aliphatic carboxylic acids is 1. The fraction of sp³-hybridized carbons (Fsp3) is 0.682. The highest BCUT2D eigenvalue weighted by atomic mass is 35.5. The van der Waals surface area contributed by atoms with Crippen molar-refractivity contribution in [3.05, 3.63) is 28.2 Å². The maximum Gasteiger partial charge on any atom is 0.344 e. The van der Waals surface area contributed by atoms with Crippen molar-refractivity contribution < 1.29 is 14.6 Å². The fourth-order valence-corrected chi connectivity index (χ4v) is 3.58. The second-order valence-electron chi connectivity index (χ2n) is 7.20. The summed E-state index contributed by atoms with van der Waals surface area (Å²) in [6.07, 6.45) is 14.6. The summed E-state index contributed by atoms with van der Waals surface area (Å²) in [5, 5.41) is 10.2. The van der Waals surface area contributed by atoms with E-state index in [1.165, 1.54) is 57.8 Å². The van der Waals surface area contributed by atoms with Crippen molar-refractivity contribution in [2.45, 2.75) is 96.5 Å². The van der Waals surface area contributed by atoms with Crippen molar-refractivity contribution in [3.63, 3.8) is 0 Å². The van der Waals surface area contributed by atoms with E-state index < -0.39 is 12.1 Å². The molecule has 154 valence electrons. The smallest absolute Gasteiger partial charge is 0.344 e. The largest absolute Gasteiger partial charge is 0.479 e. The molecule has 1 N–H and O–H groups in total. The van der Waals surface area contributed by atoms with Crippen LogP contribution in [0, 0.1) is 0 Å². The van der Waals surface area contributed by atoms with E-state index in [2.05, 4.69) is 6.92 Å². The van der Waals surface area contributed by atoms with Crippen molar-refractivity contribution in [3.8, 4) is 5.75 Å². The lowest BCUT2D eigenvalue weighted by atomic mass is 10.0. The Kier molecular flexibility index (Phi) is 13.4. The van der Waals surface area contributed by atoms with Crippen LogP contribution in [0.2, 0.25) is 10.0 Å². The normalized spacial score (nSPS) is 12.1. The first-order valence-corrected chi connectivity index (χ1v) is 11.1. The molecule has 27 heavy (non-hydrogen) atoms. The molecule has 0 heterocycles. The minimum Gasteiger partial charge on any atom is -0.479 e. The van der Waals surface area contributed by atoms with Crippen molar-refractivity contribution in [2.75, 3.05) is 0 Å². The quantitative estimate of drug-likeness (QED) is 0.278. The summed E-state index contributed by atoms with van der Waals surface area (Å²) >= 11 is 11.9. The monoisotopic (exact) mass is 416 g/mol. The Labute approximate surface area is 174 Å². The van der Waals surface area contributed by atoms with Crippen molar-refractivity contribution >= 4 is 29.2 Å². The highest BCUT2D eigenvalue weighted by Gasteiger charge is 2.20. The summed E-state index contributed by atoms with van der Waals surface area (Å²) in [5.41, 5.74) is 0. The second kappa shape index (κ2) is 15.0. The molecule has 0 aliphatic carbocycles. The number of benzene rings is 1.